The molecule has 0 fully saturated rings. The summed E-state index contributed by atoms with van der Waals surface area (Å²) in [6.07, 6.45) is 6.71. The molecule has 1 N–H and O–H groups in total. The summed E-state index contributed by atoms with van der Waals surface area (Å²) in [7, 11) is 0. The third kappa shape index (κ3) is 5.18. The van der Waals surface area contributed by atoms with Gasteiger partial charge in [0, 0.05) is 35.8 Å². The lowest BCUT2D eigenvalue weighted by atomic mass is 10.1. The van der Waals surface area contributed by atoms with Crippen LogP contribution in [0.25, 0.3) is 16.9 Å². The van der Waals surface area contributed by atoms with Gasteiger partial charge in [-0.2, -0.15) is 10.2 Å². The molecule has 7 nitrogen and oxygen atoms in total. The van der Waals surface area contributed by atoms with E-state index >= 15 is 0 Å². The van der Waals surface area contributed by atoms with Crippen molar-refractivity contribution in [3.63, 3.8) is 0 Å². The molecule has 31 heavy (non-hydrogen) atoms. The minimum atomic E-state index is -0.471. The Morgan fingerprint density at radius 3 is 2.68 bits per heavy atom. The Kier molecular flexibility index (Phi) is 6.08. The summed E-state index contributed by atoms with van der Waals surface area (Å²) in [6.45, 7) is -0.290. The van der Waals surface area contributed by atoms with E-state index in [0.29, 0.717) is 11.3 Å². The lowest BCUT2D eigenvalue weighted by Gasteiger charge is -2.04. The molecular formula is C23H18FN5O2. The number of para-hydroxylation sites is 1. The largest absolute Gasteiger partial charge is 0.484 e. The highest BCUT2D eigenvalue weighted by Crippen LogP contribution is 2.22. The third-order valence-electron chi connectivity index (χ3n) is 4.28. The van der Waals surface area contributed by atoms with Gasteiger partial charge in [0.1, 0.15) is 17.3 Å². The van der Waals surface area contributed by atoms with Gasteiger partial charge in [0.05, 0.1) is 11.9 Å². The van der Waals surface area contributed by atoms with Crippen LogP contribution in [0, 0.1) is 5.82 Å². The molecule has 0 bridgehead atoms. The number of rotatable bonds is 7. The third-order valence-corrected chi connectivity index (χ3v) is 4.28. The Morgan fingerprint density at radius 2 is 1.90 bits per heavy atom. The topological polar surface area (TPSA) is 81.4 Å². The van der Waals surface area contributed by atoms with Crippen LogP contribution in [0.3, 0.4) is 0 Å². The van der Waals surface area contributed by atoms with Crippen LogP contribution in [-0.4, -0.2) is 33.5 Å². The minimum Gasteiger partial charge on any atom is -0.484 e. The maximum atomic E-state index is 13.2. The number of nitrogens with one attached hydrogen (secondary N) is 1. The second-order valence-electron chi connectivity index (χ2n) is 6.49. The molecule has 0 unspecified atom stereocenters. The van der Waals surface area contributed by atoms with E-state index in [9.17, 15) is 9.18 Å². The van der Waals surface area contributed by atoms with Crippen LogP contribution >= 0.6 is 0 Å². The number of carbonyl (C=O) groups excluding carboxylic acids is 1. The fourth-order valence-electron chi connectivity index (χ4n) is 2.84. The molecule has 8 heteroatoms. The monoisotopic (exact) mass is 415 g/mol. The summed E-state index contributed by atoms with van der Waals surface area (Å²) in [5.74, 6) is -0.639. The molecular weight excluding hydrogens is 397 g/mol. The van der Waals surface area contributed by atoms with Crippen molar-refractivity contribution in [2.75, 3.05) is 6.61 Å². The number of halogens is 1. The van der Waals surface area contributed by atoms with Gasteiger partial charge >= 0.3 is 0 Å². The van der Waals surface area contributed by atoms with Gasteiger partial charge in [0.25, 0.3) is 5.91 Å². The molecule has 2 heterocycles. The van der Waals surface area contributed by atoms with E-state index in [1.54, 1.807) is 23.1 Å². The van der Waals surface area contributed by atoms with Crippen LogP contribution in [0.5, 0.6) is 5.75 Å². The number of hydrogen-bond donors (Lipinski definition) is 1. The number of ether oxygens (including phenoxy) is 1. The van der Waals surface area contributed by atoms with Crippen molar-refractivity contribution >= 4 is 12.1 Å². The van der Waals surface area contributed by atoms with E-state index in [4.69, 9.17) is 4.74 Å². The van der Waals surface area contributed by atoms with Crippen molar-refractivity contribution in [2.24, 2.45) is 5.10 Å². The van der Waals surface area contributed by atoms with Crippen molar-refractivity contribution < 1.29 is 13.9 Å². The average Bonchev–Trinajstić information content (AvgIpc) is 3.23. The van der Waals surface area contributed by atoms with E-state index in [0.717, 1.165) is 11.3 Å². The van der Waals surface area contributed by atoms with Gasteiger partial charge < -0.3 is 4.74 Å². The van der Waals surface area contributed by atoms with Gasteiger partial charge in [-0.1, -0.05) is 24.3 Å². The normalized spacial score (nSPS) is 10.9. The first kappa shape index (κ1) is 20.0. The molecule has 1 amide bonds. The molecule has 0 saturated heterocycles. The van der Waals surface area contributed by atoms with Crippen molar-refractivity contribution in [1.29, 1.82) is 0 Å². The van der Waals surface area contributed by atoms with E-state index in [1.165, 1.54) is 24.4 Å². The van der Waals surface area contributed by atoms with Crippen LogP contribution in [0.4, 0.5) is 4.39 Å². The maximum absolute atomic E-state index is 13.2. The van der Waals surface area contributed by atoms with E-state index in [1.807, 2.05) is 48.7 Å². The minimum absolute atomic E-state index is 0.267. The van der Waals surface area contributed by atoms with Gasteiger partial charge in [0.2, 0.25) is 0 Å². The van der Waals surface area contributed by atoms with E-state index in [2.05, 4.69) is 20.6 Å². The van der Waals surface area contributed by atoms with Crippen LogP contribution in [0.15, 0.2) is 90.4 Å². The first-order valence-electron chi connectivity index (χ1n) is 9.45. The van der Waals surface area contributed by atoms with Gasteiger partial charge in [-0.25, -0.2) is 14.5 Å². The number of benzene rings is 2. The zero-order valence-electron chi connectivity index (χ0n) is 16.4. The van der Waals surface area contributed by atoms with Gasteiger partial charge in [0.15, 0.2) is 6.61 Å². The Morgan fingerprint density at radius 1 is 1.10 bits per heavy atom. The smallest absolute Gasteiger partial charge is 0.277 e. The lowest BCUT2D eigenvalue weighted by molar-refractivity contribution is -0.123. The van der Waals surface area contributed by atoms with Gasteiger partial charge in [-0.05, 0) is 36.4 Å². The van der Waals surface area contributed by atoms with Crippen molar-refractivity contribution in [2.45, 2.75) is 0 Å². The summed E-state index contributed by atoms with van der Waals surface area (Å²) >= 11 is 0. The summed E-state index contributed by atoms with van der Waals surface area (Å²) < 4.78 is 20.2. The number of amides is 1. The second kappa shape index (κ2) is 9.45. The second-order valence-corrected chi connectivity index (χ2v) is 6.49. The Bertz CT molecular complexity index is 1190. The SMILES string of the molecule is O=C(COc1cccc(F)c1)N/N=C\c1cn(-c2ccccc2)nc1-c1ccncc1. The standard InChI is InChI=1S/C23H18FN5O2/c24-19-5-4-8-21(13-19)31-16-22(30)27-26-14-18-15-29(20-6-2-1-3-7-20)28-23(18)17-9-11-25-12-10-17/h1-15H,16H2,(H,27,30)/b26-14-. The fourth-order valence-corrected chi connectivity index (χ4v) is 2.84. The summed E-state index contributed by atoms with van der Waals surface area (Å²) in [4.78, 5) is 16.0. The van der Waals surface area contributed by atoms with Crippen molar-refractivity contribution in [3.8, 4) is 22.7 Å². The fraction of sp³-hybridized carbons (Fsp3) is 0.0435. The number of hydrogen-bond acceptors (Lipinski definition) is 5. The number of pyridine rings is 1. The molecule has 0 aliphatic heterocycles. The quantitative estimate of drug-likeness (QED) is 0.369. The molecule has 154 valence electrons. The number of nitrogens with zero attached hydrogens (tertiary/aromatic N) is 4. The highest BCUT2D eigenvalue weighted by Gasteiger charge is 2.11. The zero-order valence-corrected chi connectivity index (χ0v) is 16.4. The number of aromatic nitrogens is 3. The van der Waals surface area contributed by atoms with Crippen LogP contribution in [-0.2, 0) is 4.79 Å². The average molecular weight is 415 g/mol. The summed E-state index contributed by atoms with van der Waals surface area (Å²) in [6, 6.07) is 18.9. The summed E-state index contributed by atoms with van der Waals surface area (Å²) in [5, 5.41) is 8.67. The van der Waals surface area contributed by atoms with Gasteiger partial charge in [-0.3, -0.25) is 9.78 Å². The van der Waals surface area contributed by atoms with E-state index in [-0.39, 0.29) is 12.4 Å². The molecule has 0 radical (unpaired) electrons. The highest BCUT2D eigenvalue weighted by atomic mass is 19.1. The summed E-state index contributed by atoms with van der Waals surface area (Å²) in [5.41, 5.74) is 5.57. The Balaban J connectivity index is 1.48. The first-order chi connectivity index (χ1) is 15.2. The molecule has 0 spiro atoms. The number of hydrazone groups is 1. The van der Waals surface area contributed by atoms with Crippen LogP contribution in [0.1, 0.15) is 5.56 Å². The predicted octanol–water partition coefficient (Wildman–Crippen LogP) is 3.60. The molecule has 0 saturated carbocycles. The zero-order chi connectivity index (χ0) is 21.5. The first-order valence-corrected chi connectivity index (χ1v) is 9.45. The highest BCUT2D eigenvalue weighted by molar-refractivity contribution is 5.89. The van der Waals surface area contributed by atoms with Crippen molar-refractivity contribution in [3.05, 3.63) is 96.7 Å². The number of carbonyl (C=O) groups is 1. The molecule has 4 rings (SSSR count). The van der Waals surface area contributed by atoms with Crippen molar-refractivity contribution in [1.82, 2.24) is 20.2 Å². The van der Waals surface area contributed by atoms with Crippen LogP contribution in [0.2, 0.25) is 0 Å². The Hall–Kier alpha value is -4.33. The van der Waals surface area contributed by atoms with Gasteiger partial charge in [-0.15, -0.1) is 0 Å². The molecule has 2 aromatic carbocycles. The van der Waals surface area contributed by atoms with Crippen LogP contribution < -0.4 is 10.2 Å². The molecule has 0 atom stereocenters. The molecule has 4 aromatic rings. The lowest BCUT2D eigenvalue weighted by Crippen LogP contribution is -2.24. The molecule has 0 aliphatic rings. The molecule has 0 aliphatic carbocycles. The molecule has 2 aromatic heterocycles. The Labute approximate surface area is 177 Å². The van der Waals surface area contributed by atoms with E-state index < -0.39 is 11.7 Å². The maximum Gasteiger partial charge on any atom is 0.277 e. The predicted molar refractivity (Wildman–Crippen MR) is 114 cm³/mol.